The lowest BCUT2D eigenvalue weighted by molar-refractivity contribution is -0.385. The summed E-state index contributed by atoms with van der Waals surface area (Å²) in [7, 11) is 0. The first kappa shape index (κ1) is 13.9. The van der Waals surface area contributed by atoms with Crippen LogP contribution in [0.1, 0.15) is 5.56 Å². The maximum Gasteiger partial charge on any atom is 0.417 e. The van der Waals surface area contributed by atoms with Crippen LogP contribution in [-0.2, 0) is 6.18 Å². The lowest BCUT2D eigenvalue weighted by atomic mass is 9.98. The van der Waals surface area contributed by atoms with E-state index in [2.05, 4.69) is 0 Å². The molecule has 0 aromatic heterocycles. The van der Waals surface area contributed by atoms with Gasteiger partial charge in [0.2, 0.25) is 5.75 Å². The average Bonchev–Trinajstić information content (AvgIpc) is 2.37. The van der Waals surface area contributed by atoms with Crippen molar-refractivity contribution < 1.29 is 23.2 Å². The van der Waals surface area contributed by atoms with Gasteiger partial charge in [0.05, 0.1) is 10.5 Å². The molecular weight excluding hydrogens is 275 g/mol. The first-order valence-corrected chi connectivity index (χ1v) is 5.45. The van der Waals surface area contributed by atoms with E-state index in [1.54, 1.807) is 0 Å². The van der Waals surface area contributed by atoms with Crippen molar-refractivity contribution in [3.05, 3.63) is 58.1 Å². The first-order chi connectivity index (χ1) is 9.32. The Labute approximate surface area is 111 Å². The molecule has 0 saturated carbocycles. The number of nitro groups is 1. The van der Waals surface area contributed by atoms with Crippen molar-refractivity contribution in [3.8, 4) is 16.9 Å². The Hall–Kier alpha value is -2.57. The van der Waals surface area contributed by atoms with Gasteiger partial charge in [-0.1, -0.05) is 30.3 Å². The molecule has 2 rings (SSSR count). The van der Waals surface area contributed by atoms with Gasteiger partial charge >= 0.3 is 11.9 Å². The molecule has 0 aliphatic carbocycles. The molecule has 0 bridgehead atoms. The van der Waals surface area contributed by atoms with E-state index in [1.165, 1.54) is 24.3 Å². The summed E-state index contributed by atoms with van der Waals surface area (Å²) in [5, 5.41) is 20.5. The fourth-order valence-corrected chi connectivity index (χ4v) is 1.86. The minimum atomic E-state index is -4.62. The number of nitro benzene ring substituents is 1. The van der Waals surface area contributed by atoms with Crippen molar-refractivity contribution in [2.75, 3.05) is 0 Å². The molecule has 0 unspecified atom stereocenters. The average molecular weight is 283 g/mol. The molecule has 0 aliphatic rings. The molecule has 0 amide bonds. The Morgan fingerprint density at radius 3 is 2.20 bits per heavy atom. The Balaban J connectivity index is 2.70. The van der Waals surface area contributed by atoms with Gasteiger partial charge in [-0.05, 0) is 11.6 Å². The van der Waals surface area contributed by atoms with Crippen molar-refractivity contribution in [1.82, 2.24) is 0 Å². The number of hydrogen-bond donors (Lipinski definition) is 1. The largest absolute Gasteiger partial charge is 0.502 e. The van der Waals surface area contributed by atoms with Crippen molar-refractivity contribution in [2.24, 2.45) is 0 Å². The molecule has 0 radical (unpaired) electrons. The second kappa shape index (κ2) is 4.84. The molecule has 0 heterocycles. The standard InChI is InChI=1S/C13H8F3NO3/c14-13(15,16)10-6-2-1-4-8(10)9-5-3-7-11(12(9)18)17(19)20/h1-7,18H. The maximum atomic E-state index is 12.9. The number of alkyl halides is 3. The summed E-state index contributed by atoms with van der Waals surface area (Å²) in [6, 6.07) is 8.03. The molecule has 0 spiro atoms. The predicted molar refractivity (Wildman–Crippen MR) is 65.2 cm³/mol. The van der Waals surface area contributed by atoms with Gasteiger partial charge in [0, 0.05) is 11.6 Å². The zero-order valence-corrected chi connectivity index (χ0v) is 9.89. The van der Waals surface area contributed by atoms with Crippen LogP contribution in [0.3, 0.4) is 0 Å². The van der Waals surface area contributed by atoms with Crippen LogP contribution in [0.4, 0.5) is 18.9 Å². The minimum Gasteiger partial charge on any atom is -0.502 e. The molecule has 4 nitrogen and oxygen atoms in total. The van der Waals surface area contributed by atoms with E-state index in [1.807, 2.05) is 0 Å². The number of phenols is 1. The number of phenolic OH excluding ortho intramolecular Hbond substituents is 1. The lowest BCUT2D eigenvalue weighted by Gasteiger charge is -2.13. The topological polar surface area (TPSA) is 63.4 Å². The van der Waals surface area contributed by atoms with E-state index in [0.717, 1.165) is 18.2 Å². The van der Waals surface area contributed by atoms with E-state index in [-0.39, 0.29) is 11.1 Å². The van der Waals surface area contributed by atoms with E-state index in [0.29, 0.717) is 0 Å². The third-order valence-electron chi connectivity index (χ3n) is 2.73. The summed E-state index contributed by atoms with van der Waals surface area (Å²) in [5.74, 6) is -0.783. The third-order valence-corrected chi connectivity index (χ3v) is 2.73. The summed E-state index contributed by atoms with van der Waals surface area (Å²) in [6.45, 7) is 0. The second-order valence-corrected chi connectivity index (χ2v) is 3.97. The molecule has 104 valence electrons. The van der Waals surface area contributed by atoms with Crippen LogP contribution in [0.25, 0.3) is 11.1 Å². The van der Waals surface area contributed by atoms with Crippen molar-refractivity contribution in [1.29, 1.82) is 0 Å². The number of para-hydroxylation sites is 1. The zero-order valence-electron chi connectivity index (χ0n) is 9.89. The Bertz CT molecular complexity index is 668. The number of benzene rings is 2. The van der Waals surface area contributed by atoms with Gasteiger partial charge in [-0.15, -0.1) is 0 Å². The molecular formula is C13H8F3NO3. The lowest BCUT2D eigenvalue weighted by Crippen LogP contribution is -2.07. The van der Waals surface area contributed by atoms with Crippen LogP contribution < -0.4 is 0 Å². The highest BCUT2D eigenvalue weighted by atomic mass is 19.4. The fraction of sp³-hybridized carbons (Fsp3) is 0.0769. The van der Waals surface area contributed by atoms with Gasteiger partial charge in [0.25, 0.3) is 0 Å². The normalized spacial score (nSPS) is 11.3. The summed E-state index contributed by atoms with van der Waals surface area (Å²) in [5.41, 5.74) is -2.14. The number of nitrogens with zero attached hydrogens (tertiary/aromatic N) is 1. The highest BCUT2D eigenvalue weighted by molar-refractivity contribution is 5.77. The Kier molecular flexibility index (Phi) is 3.35. The van der Waals surface area contributed by atoms with E-state index in [4.69, 9.17) is 0 Å². The molecule has 0 atom stereocenters. The third kappa shape index (κ3) is 2.42. The molecule has 2 aromatic rings. The van der Waals surface area contributed by atoms with Crippen molar-refractivity contribution in [2.45, 2.75) is 6.18 Å². The van der Waals surface area contributed by atoms with Crippen LogP contribution in [0, 0.1) is 10.1 Å². The van der Waals surface area contributed by atoms with E-state index >= 15 is 0 Å². The van der Waals surface area contributed by atoms with Crippen LogP contribution in [0.2, 0.25) is 0 Å². The summed E-state index contributed by atoms with van der Waals surface area (Å²) < 4.78 is 38.7. The molecule has 7 heteroatoms. The zero-order chi connectivity index (χ0) is 14.9. The highest BCUT2D eigenvalue weighted by Gasteiger charge is 2.34. The molecule has 0 fully saturated rings. The van der Waals surface area contributed by atoms with Crippen LogP contribution in [-0.4, -0.2) is 10.0 Å². The summed E-state index contributed by atoms with van der Waals surface area (Å²) in [4.78, 5) is 9.86. The SMILES string of the molecule is O=[N+]([O-])c1cccc(-c2ccccc2C(F)(F)F)c1O. The van der Waals surface area contributed by atoms with E-state index < -0.39 is 28.1 Å². The molecule has 1 N–H and O–H groups in total. The number of aromatic hydroxyl groups is 1. The minimum absolute atomic E-state index is 0.230. The molecule has 2 aromatic carbocycles. The van der Waals surface area contributed by atoms with Gasteiger partial charge < -0.3 is 5.11 Å². The predicted octanol–water partition coefficient (Wildman–Crippen LogP) is 3.99. The van der Waals surface area contributed by atoms with Gasteiger partial charge in [-0.25, -0.2) is 0 Å². The number of halogens is 3. The van der Waals surface area contributed by atoms with Crippen molar-refractivity contribution in [3.63, 3.8) is 0 Å². The monoisotopic (exact) mass is 283 g/mol. The number of rotatable bonds is 2. The van der Waals surface area contributed by atoms with E-state index in [9.17, 15) is 28.4 Å². The van der Waals surface area contributed by atoms with Gasteiger partial charge in [-0.2, -0.15) is 13.2 Å². The highest BCUT2D eigenvalue weighted by Crippen LogP contribution is 2.42. The number of hydrogen-bond acceptors (Lipinski definition) is 3. The van der Waals surface area contributed by atoms with Crippen molar-refractivity contribution >= 4 is 5.69 Å². The Morgan fingerprint density at radius 2 is 1.60 bits per heavy atom. The fourth-order valence-electron chi connectivity index (χ4n) is 1.86. The van der Waals surface area contributed by atoms with Crippen LogP contribution in [0.15, 0.2) is 42.5 Å². The second-order valence-electron chi connectivity index (χ2n) is 3.97. The quantitative estimate of drug-likeness (QED) is 0.669. The molecule has 0 saturated heterocycles. The van der Waals surface area contributed by atoms with Crippen LogP contribution in [0.5, 0.6) is 5.75 Å². The van der Waals surface area contributed by atoms with Gasteiger partial charge in [0.15, 0.2) is 0 Å². The molecule has 20 heavy (non-hydrogen) atoms. The smallest absolute Gasteiger partial charge is 0.417 e. The maximum absolute atomic E-state index is 12.9. The first-order valence-electron chi connectivity index (χ1n) is 5.45. The Morgan fingerprint density at radius 1 is 1.00 bits per heavy atom. The summed E-state index contributed by atoms with van der Waals surface area (Å²) in [6.07, 6.45) is -4.62. The van der Waals surface area contributed by atoms with Gasteiger partial charge in [0.1, 0.15) is 0 Å². The summed E-state index contributed by atoms with van der Waals surface area (Å²) >= 11 is 0. The van der Waals surface area contributed by atoms with Gasteiger partial charge in [-0.3, -0.25) is 10.1 Å². The van der Waals surface area contributed by atoms with Crippen LogP contribution >= 0.6 is 0 Å². The molecule has 0 aliphatic heterocycles.